The molecular formula is C38H52N8O18S4Y2-2. The van der Waals surface area contributed by atoms with Crippen LogP contribution in [-0.2, 0) is 123 Å². The fourth-order valence-electron chi connectivity index (χ4n) is 4.75. The Hall–Kier alpha value is -3.61. The first-order chi connectivity index (χ1) is 32.1. The number of aliphatic carboxylic acids is 4. The Kier molecular flexibility index (Phi) is 37.2. The normalized spacial score (nSPS) is 13.0. The molecule has 14 N–H and O–H groups in total. The van der Waals surface area contributed by atoms with Crippen molar-refractivity contribution in [2.24, 2.45) is 11.5 Å². The summed E-state index contributed by atoms with van der Waals surface area (Å²) in [4.78, 5) is 147. The molecule has 0 saturated carbocycles. The van der Waals surface area contributed by atoms with Crippen molar-refractivity contribution in [2.75, 3.05) is 50.9 Å². The van der Waals surface area contributed by atoms with Crippen LogP contribution >= 0.6 is 43.2 Å². The summed E-state index contributed by atoms with van der Waals surface area (Å²) in [5.74, 6) is -12.4. The van der Waals surface area contributed by atoms with E-state index in [2.05, 4.69) is 45.7 Å². The Morgan fingerprint density at radius 3 is 1.26 bits per heavy atom. The zero-order chi connectivity index (χ0) is 51.3. The molecule has 0 saturated heterocycles. The van der Waals surface area contributed by atoms with E-state index in [4.69, 9.17) is 41.4 Å². The quantitative estimate of drug-likeness (QED) is 0.0188. The molecule has 0 bridgehead atoms. The van der Waals surface area contributed by atoms with Gasteiger partial charge in [-0.05, 0) is 44.3 Å². The molecule has 6 amide bonds. The smallest absolute Gasteiger partial charge is 0.322 e. The maximum atomic E-state index is 13.3. The van der Waals surface area contributed by atoms with E-state index in [1.807, 2.05) is 0 Å². The van der Waals surface area contributed by atoms with Gasteiger partial charge in [-0.1, -0.05) is 49.2 Å². The van der Waals surface area contributed by atoms with Gasteiger partial charge in [0.15, 0.2) is 0 Å². The van der Waals surface area contributed by atoms with E-state index in [-0.39, 0.29) is 140 Å². The van der Waals surface area contributed by atoms with Gasteiger partial charge < -0.3 is 87.1 Å². The number of rotatable bonds is 34. The number of benzene rings is 1. The fourth-order valence-corrected chi connectivity index (χ4v) is 9.72. The van der Waals surface area contributed by atoms with Gasteiger partial charge in [0.25, 0.3) is 11.8 Å². The number of nitrogens with one attached hydrogen (secondary N) is 6. The second kappa shape index (κ2) is 38.1. The van der Waals surface area contributed by atoms with Gasteiger partial charge in [-0.25, -0.2) is 0 Å². The molecule has 0 aliphatic rings. The van der Waals surface area contributed by atoms with Crippen LogP contribution in [0.15, 0.2) is 24.3 Å². The maximum Gasteiger partial charge on any atom is 0.322 e. The van der Waals surface area contributed by atoms with Crippen LogP contribution in [0.4, 0.5) is 0 Å². The van der Waals surface area contributed by atoms with Gasteiger partial charge in [-0.2, -0.15) is 0 Å². The summed E-state index contributed by atoms with van der Waals surface area (Å²) < 4.78 is 10.0. The van der Waals surface area contributed by atoms with Crippen LogP contribution in [-0.4, -0.2) is 177 Å². The molecule has 0 spiro atoms. The number of nitrogens with two attached hydrogens (primary N) is 2. The van der Waals surface area contributed by atoms with Gasteiger partial charge in [0.1, 0.15) is 47.8 Å². The van der Waals surface area contributed by atoms with Gasteiger partial charge in [0.05, 0.1) is 0 Å². The first kappa shape index (κ1) is 68.5. The van der Waals surface area contributed by atoms with Crippen LogP contribution in [0.1, 0.15) is 46.4 Å². The van der Waals surface area contributed by atoms with E-state index in [1.165, 1.54) is 24.3 Å². The Morgan fingerprint density at radius 2 is 0.943 bits per heavy atom. The molecule has 2 radical (unpaired) electrons. The molecule has 1 rings (SSSR count). The van der Waals surface area contributed by atoms with Crippen molar-refractivity contribution in [3.63, 3.8) is 0 Å². The number of carboxylic acids is 4. The van der Waals surface area contributed by atoms with E-state index >= 15 is 0 Å². The zero-order valence-corrected chi connectivity index (χ0v) is 46.1. The molecule has 1 aromatic carbocycles. The van der Waals surface area contributed by atoms with Crippen LogP contribution in [0.25, 0.3) is 0 Å². The van der Waals surface area contributed by atoms with E-state index in [9.17, 15) is 57.5 Å². The van der Waals surface area contributed by atoms with Crippen molar-refractivity contribution < 1.29 is 153 Å². The molecule has 32 heteroatoms. The second-order valence-corrected chi connectivity index (χ2v) is 18.7. The molecule has 0 aliphatic carbocycles. The van der Waals surface area contributed by atoms with Crippen molar-refractivity contribution in [1.29, 1.82) is 0 Å². The summed E-state index contributed by atoms with van der Waals surface area (Å²) in [5, 5.41) is 47.7. The Bertz CT molecular complexity index is 1850. The Balaban J connectivity index is 0. The summed E-state index contributed by atoms with van der Waals surface area (Å²) in [7, 11) is 3.41. The predicted octanol–water partition coefficient (Wildman–Crippen LogP) is -2.85. The van der Waals surface area contributed by atoms with Crippen LogP contribution in [0.5, 0.6) is 0 Å². The molecule has 70 heavy (non-hydrogen) atoms. The molecule has 0 heterocycles. The number of carbonyl (C=O) groups excluding carboxylic acids is 8. The Morgan fingerprint density at radius 1 is 0.586 bits per heavy atom. The number of carboxylic acid groups (broad SMARTS) is 4. The van der Waals surface area contributed by atoms with Crippen molar-refractivity contribution in [1.82, 2.24) is 31.9 Å². The summed E-state index contributed by atoms with van der Waals surface area (Å²) in [6.07, 6.45) is -1.29. The number of amides is 6. The predicted molar refractivity (Wildman–Crippen MR) is 246 cm³/mol. The molecule has 26 nitrogen and oxygen atoms in total. The van der Waals surface area contributed by atoms with Crippen molar-refractivity contribution in [3.8, 4) is 0 Å². The number of hydrogen-bond acceptors (Lipinski definition) is 20. The molecule has 0 aliphatic heterocycles. The number of carbonyl (C=O) groups is 12. The number of hydrogen-bond donors (Lipinski definition) is 12. The summed E-state index contributed by atoms with van der Waals surface area (Å²) in [5.41, 5.74) is 10.8. The van der Waals surface area contributed by atoms with Crippen molar-refractivity contribution in [3.05, 3.63) is 49.2 Å². The van der Waals surface area contributed by atoms with Crippen LogP contribution in [0, 0.1) is 13.8 Å². The van der Waals surface area contributed by atoms with Gasteiger partial charge >= 0.3 is 35.8 Å². The SMILES string of the molecule is [CH2-]COC(=O)C(CNC(=O)c1cccc(C(=O)NCC(SSCC(NC(=O)CCC(N)C(=O)O)C(=O)NCC(=O)O)C(=O)OC[CH2-])c1)SSCC(NC(=O)CCC(N)C(=O)O)C(=O)NCC(=O)O.[Y].[Y]. The van der Waals surface area contributed by atoms with Crippen molar-refractivity contribution in [2.45, 2.75) is 60.4 Å². The van der Waals surface area contributed by atoms with Crippen molar-refractivity contribution >= 4 is 114 Å². The molecule has 0 fully saturated rings. The average molecular weight is 1210 g/mol. The average Bonchev–Trinajstić information content (AvgIpc) is 3.29. The second-order valence-electron chi connectivity index (χ2n) is 13.5. The van der Waals surface area contributed by atoms with Gasteiger partial charge in [-0.15, -0.1) is 0 Å². The third-order valence-corrected chi connectivity index (χ3v) is 13.7. The molecular weight excluding hydrogens is 1160 g/mol. The van der Waals surface area contributed by atoms with Gasteiger partial charge in [-0.3, -0.25) is 57.5 Å². The molecule has 384 valence electrons. The van der Waals surface area contributed by atoms with Gasteiger partial charge in [0.2, 0.25) is 23.6 Å². The Labute approximate surface area is 466 Å². The molecule has 1 aromatic rings. The van der Waals surface area contributed by atoms with E-state index in [0.29, 0.717) is 0 Å². The fraction of sp³-hybridized carbons (Fsp3) is 0.474. The number of ether oxygens (including phenoxy) is 2. The largest absolute Gasteiger partial charge is 0.498 e. The van der Waals surface area contributed by atoms with Crippen LogP contribution in [0.2, 0.25) is 0 Å². The number of esters is 2. The third-order valence-electron chi connectivity index (χ3n) is 8.27. The molecule has 0 aromatic heterocycles. The monoisotopic (exact) mass is 1210 g/mol. The minimum absolute atomic E-state index is 0. The minimum atomic E-state index is -1.37. The first-order valence-electron chi connectivity index (χ1n) is 19.8. The van der Waals surface area contributed by atoms with Crippen LogP contribution < -0.4 is 43.4 Å². The van der Waals surface area contributed by atoms with E-state index in [1.54, 1.807) is 0 Å². The first-order valence-corrected chi connectivity index (χ1v) is 24.6. The minimum Gasteiger partial charge on any atom is -0.498 e. The molecule has 6 atom stereocenters. The van der Waals surface area contributed by atoms with E-state index in [0.717, 1.165) is 43.2 Å². The zero-order valence-electron chi connectivity index (χ0n) is 37.1. The summed E-state index contributed by atoms with van der Waals surface area (Å²) >= 11 is 0. The maximum absolute atomic E-state index is 13.3. The standard InChI is InChI=1S/C38H52N8O18S4.2Y/c1-3-63-37(61)25(67-65-17-23(33(55)43-15-29(49)50)45-27(47)10-8-21(39)35(57)58)13-41-31(53)19-6-5-7-20(12-19)32(54)42-14-26(38(62)64-4-2)68-66-18-24(34(56)44-16-30(51)52)46-28(48)11-9-22(40)36(59)60;;/h5-7,12,21-26H,1-4,8-11,13-18,39-40H2,(H,41,53)(H,42,54)(H,43,55)(H,44,56)(H,45,47)(H,46,48)(H,49,50)(H,51,52)(H,57,58)(H,59,60);;/q-2;;. The third kappa shape index (κ3) is 29.0. The molecule has 6 unspecified atom stereocenters. The topological polar surface area (TPSA) is 428 Å². The summed E-state index contributed by atoms with van der Waals surface area (Å²) in [6, 6.07) is -0.119. The summed E-state index contributed by atoms with van der Waals surface area (Å²) in [6.45, 7) is 4.03. The van der Waals surface area contributed by atoms with Gasteiger partial charge in [0, 0.05) is 114 Å². The van der Waals surface area contributed by atoms with Crippen LogP contribution in [0.3, 0.4) is 0 Å². The van der Waals surface area contributed by atoms with E-state index < -0.39 is 119 Å².